The summed E-state index contributed by atoms with van der Waals surface area (Å²) in [5, 5.41) is 8.99. The summed E-state index contributed by atoms with van der Waals surface area (Å²) in [6.45, 7) is 3.46. The number of aliphatic carboxylic acids is 1. The van der Waals surface area contributed by atoms with Crippen molar-refractivity contribution in [3.8, 4) is 5.75 Å². The van der Waals surface area contributed by atoms with Gasteiger partial charge in [-0.2, -0.15) is 0 Å². The van der Waals surface area contributed by atoms with Crippen molar-refractivity contribution >= 4 is 11.9 Å². The van der Waals surface area contributed by atoms with E-state index in [2.05, 4.69) is 0 Å². The zero-order chi connectivity index (χ0) is 13.0. The van der Waals surface area contributed by atoms with Crippen LogP contribution < -0.4 is 10.5 Å². The normalized spacial score (nSPS) is 12.2. The number of carboxylic acid groups (broad SMARTS) is 1. The lowest BCUT2D eigenvalue weighted by molar-refractivity contribution is -0.147. The maximum Gasteiger partial charge on any atom is 0.345 e. The summed E-state index contributed by atoms with van der Waals surface area (Å²) in [5.74, 6) is -1.73. The molecular formula is C12H15NO4. The summed E-state index contributed by atoms with van der Waals surface area (Å²) in [4.78, 5) is 22.1. The van der Waals surface area contributed by atoms with Gasteiger partial charge < -0.3 is 15.6 Å². The fourth-order valence-corrected chi connectivity index (χ4v) is 1.38. The van der Waals surface area contributed by atoms with Crippen LogP contribution in [0.15, 0.2) is 24.3 Å². The summed E-state index contributed by atoms with van der Waals surface area (Å²) in [5.41, 5.74) is 5.36. The molecule has 92 valence electrons. The smallest absolute Gasteiger partial charge is 0.345 e. The van der Waals surface area contributed by atoms with Gasteiger partial charge in [-0.25, -0.2) is 4.79 Å². The van der Waals surface area contributed by atoms with E-state index in [0.29, 0.717) is 0 Å². The number of amides is 1. The molecule has 0 radical (unpaired) electrons. The SMILES string of the molecule is CC(C)C(Oc1ccccc1C(N)=O)C(=O)O. The van der Waals surface area contributed by atoms with Crippen molar-refractivity contribution in [1.82, 2.24) is 0 Å². The average Bonchev–Trinajstić information content (AvgIpc) is 2.25. The molecule has 5 nitrogen and oxygen atoms in total. The van der Waals surface area contributed by atoms with Crippen LogP contribution in [0.4, 0.5) is 0 Å². The van der Waals surface area contributed by atoms with Gasteiger partial charge in [0.25, 0.3) is 5.91 Å². The Kier molecular flexibility index (Phi) is 4.09. The minimum atomic E-state index is -1.07. The number of carbonyl (C=O) groups is 2. The molecule has 0 fully saturated rings. The standard InChI is InChI=1S/C12H15NO4/c1-7(2)10(12(15)16)17-9-6-4-3-5-8(9)11(13)14/h3-7,10H,1-2H3,(H2,13,14)(H,15,16). The van der Waals surface area contributed by atoms with E-state index in [9.17, 15) is 9.59 Å². The topological polar surface area (TPSA) is 89.6 Å². The molecule has 1 aromatic carbocycles. The van der Waals surface area contributed by atoms with Gasteiger partial charge in [0.05, 0.1) is 5.56 Å². The molecule has 0 bridgehead atoms. The van der Waals surface area contributed by atoms with Gasteiger partial charge in [0, 0.05) is 5.92 Å². The number of hydrogen-bond donors (Lipinski definition) is 2. The zero-order valence-electron chi connectivity index (χ0n) is 9.71. The third-order valence-corrected chi connectivity index (χ3v) is 2.26. The Morgan fingerprint density at radius 1 is 1.29 bits per heavy atom. The van der Waals surface area contributed by atoms with E-state index in [1.54, 1.807) is 26.0 Å². The van der Waals surface area contributed by atoms with Crippen LogP contribution in [0, 0.1) is 5.92 Å². The van der Waals surface area contributed by atoms with Gasteiger partial charge in [0.2, 0.25) is 0 Å². The highest BCUT2D eigenvalue weighted by Gasteiger charge is 2.24. The van der Waals surface area contributed by atoms with Crippen molar-refractivity contribution in [2.75, 3.05) is 0 Å². The zero-order valence-corrected chi connectivity index (χ0v) is 9.71. The number of nitrogens with two attached hydrogens (primary N) is 1. The third-order valence-electron chi connectivity index (χ3n) is 2.26. The van der Waals surface area contributed by atoms with Crippen LogP contribution in [0.3, 0.4) is 0 Å². The molecule has 0 heterocycles. The first-order valence-corrected chi connectivity index (χ1v) is 5.21. The summed E-state index contributed by atoms with van der Waals surface area (Å²) in [7, 11) is 0. The van der Waals surface area contributed by atoms with Crippen molar-refractivity contribution in [3.05, 3.63) is 29.8 Å². The Hall–Kier alpha value is -2.04. The Balaban J connectivity index is 3.01. The number of ether oxygens (including phenoxy) is 1. The van der Waals surface area contributed by atoms with E-state index >= 15 is 0 Å². The fourth-order valence-electron chi connectivity index (χ4n) is 1.38. The van der Waals surface area contributed by atoms with Gasteiger partial charge >= 0.3 is 5.97 Å². The van der Waals surface area contributed by atoms with Crippen molar-refractivity contribution in [2.24, 2.45) is 11.7 Å². The molecule has 5 heteroatoms. The Morgan fingerprint density at radius 2 is 1.88 bits per heavy atom. The molecule has 0 aliphatic carbocycles. The molecular weight excluding hydrogens is 222 g/mol. The number of primary amides is 1. The minimum Gasteiger partial charge on any atom is -0.478 e. The third kappa shape index (κ3) is 3.21. The van der Waals surface area contributed by atoms with E-state index < -0.39 is 18.0 Å². The molecule has 1 aromatic rings. The number of carboxylic acids is 1. The lowest BCUT2D eigenvalue weighted by Gasteiger charge is -2.19. The second-order valence-corrected chi connectivity index (χ2v) is 3.98. The maximum absolute atomic E-state index is 11.1. The van der Waals surface area contributed by atoms with Crippen LogP contribution in [0.25, 0.3) is 0 Å². The molecule has 3 N–H and O–H groups in total. The second-order valence-electron chi connectivity index (χ2n) is 3.98. The minimum absolute atomic E-state index is 0.180. The molecule has 0 spiro atoms. The highest BCUT2D eigenvalue weighted by Crippen LogP contribution is 2.21. The lowest BCUT2D eigenvalue weighted by atomic mass is 10.1. The molecule has 0 saturated heterocycles. The Bertz CT molecular complexity index is 428. The molecule has 17 heavy (non-hydrogen) atoms. The predicted molar refractivity (Wildman–Crippen MR) is 61.8 cm³/mol. The highest BCUT2D eigenvalue weighted by molar-refractivity contribution is 5.95. The number of benzene rings is 1. The largest absolute Gasteiger partial charge is 0.478 e. The predicted octanol–water partition coefficient (Wildman–Crippen LogP) is 1.27. The summed E-state index contributed by atoms with van der Waals surface area (Å²) in [6.07, 6.45) is -1.00. The van der Waals surface area contributed by atoms with Crippen LogP contribution in [0.5, 0.6) is 5.75 Å². The van der Waals surface area contributed by atoms with Crippen LogP contribution >= 0.6 is 0 Å². The quantitative estimate of drug-likeness (QED) is 0.807. The van der Waals surface area contributed by atoms with E-state index in [1.807, 2.05) is 0 Å². The number of rotatable bonds is 5. The first kappa shape index (κ1) is 13.0. The summed E-state index contributed by atoms with van der Waals surface area (Å²) < 4.78 is 5.33. The Labute approximate surface area is 99.2 Å². The van der Waals surface area contributed by atoms with E-state index in [0.717, 1.165) is 0 Å². The van der Waals surface area contributed by atoms with Gasteiger partial charge in [-0.05, 0) is 12.1 Å². The van der Waals surface area contributed by atoms with Gasteiger partial charge in [0.1, 0.15) is 5.75 Å². The molecule has 0 saturated carbocycles. The van der Waals surface area contributed by atoms with Crippen molar-refractivity contribution in [3.63, 3.8) is 0 Å². The van der Waals surface area contributed by atoms with Crippen LogP contribution in [0.2, 0.25) is 0 Å². The van der Waals surface area contributed by atoms with Crippen LogP contribution in [0.1, 0.15) is 24.2 Å². The number of carbonyl (C=O) groups excluding carboxylic acids is 1. The van der Waals surface area contributed by atoms with Gasteiger partial charge in [0.15, 0.2) is 6.10 Å². The maximum atomic E-state index is 11.1. The molecule has 1 unspecified atom stereocenters. The lowest BCUT2D eigenvalue weighted by Crippen LogP contribution is -2.33. The van der Waals surface area contributed by atoms with Crippen molar-refractivity contribution in [1.29, 1.82) is 0 Å². The average molecular weight is 237 g/mol. The van der Waals surface area contributed by atoms with Crippen LogP contribution in [-0.2, 0) is 4.79 Å². The first-order valence-electron chi connectivity index (χ1n) is 5.21. The van der Waals surface area contributed by atoms with E-state index in [-0.39, 0.29) is 17.2 Å². The fraction of sp³-hybridized carbons (Fsp3) is 0.333. The highest BCUT2D eigenvalue weighted by atomic mass is 16.5. The molecule has 0 aliphatic heterocycles. The van der Waals surface area contributed by atoms with Crippen LogP contribution in [-0.4, -0.2) is 23.1 Å². The van der Waals surface area contributed by atoms with Gasteiger partial charge in [-0.3, -0.25) is 4.79 Å². The number of hydrogen-bond acceptors (Lipinski definition) is 3. The number of para-hydroxylation sites is 1. The van der Waals surface area contributed by atoms with E-state index in [4.69, 9.17) is 15.6 Å². The molecule has 1 amide bonds. The van der Waals surface area contributed by atoms with E-state index in [1.165, 1.54) is 12.1 Å². The molecule has 0 aromatic heterocycles. The van der Waals surface area contributed by atoms with Gasteiger partial charge in [-0.1, -0.05) is 26.0 Å². The van der Waals surface area contributed by atoms with Crippen molar-refractivity contribution in [2.45, 2.75) is 20.0 Å². The van der Waals surface area contributed by atoms with Gasteiger partial charge in [-0.15, -0.1) is 0 Å². The Morgan fingerprint density at radius 3 is 2.35 bits per heavy atom. The second kappa shape index (κ2) is 5.34. The molecule has 1 atom stereocenters. The van der Waals surface area contributed by atoms with Crippen molar-refractivity contribution < 1.29 is 19.4 Å². The summed E-state index contributed by atoms with van der Waals surface area (Å²) >= 11 is 0. The molecule has 0 aliphatic rings. The molecule has 1 rings (SSSR count). The summed E-state index contributed by atoms with van der Waals surface area (Å²) in [6, 6.07) is 6.31. The monoisotopic (exact) mass is 237 g/mol. The first-order chi connectivity index (χ1) is 7.93.